The molecule has 0 aliphatic rings. The van der Waals surface area contributed by atoms with E-state index < -0.39 is 0 Å². The smallest absolute Gasteiger partial charge is 0.220 e. The monoisotopic (exact) mass is 267 g/mol. The Morgan fingerprint density at radius 2 is 1.72 bits per heavy atom. The zero-order valence-electron chi connectivity index (χ0n) is 11.4. The van der Waals surface area contributed by atoms with Gasteiger partial charge >= 0.3 is 0 Å². The molecule has 1 amide bonds. The molecule has 18 heavy (non-hydrogen) atoms. The highest BCUT2D eigenvalue weighted by molar-refractivity contribution is 6.17. The van der Waals surface area contributed by atoms with Crippen molar-refractivity contribution in [3.8, 4) is 0 Å². The molecule has 2 nitrogen and oxygen atoms in total. The van der Waals surface area contributed by atoms with Gasteiger partial charge in [-0.25, -0.2) is 0 Å². The summed E-state index contributed by atoms with van der Waals surface area (Å²) in [7, 11) is 0. The second-order valence-electron chi connectivity index (χ2n) is 5.79. The molecule has 0 aliphatic heterocycles. The van der Waals surface area contributed by atoms with Gasteiger partial charge in [-0.05, 0) is 23.0 Å². The van der Waals surface area contributed by atoms with Gasteiger partial charge < -0.3 is 5.32 Å². The molecule has 0 bridgehead atoms. The molecule has 0 heterocycles. The third kappa shape index (κ3) is 6.06. The fraction of sp³-hybridized carbons (Fsp3) is 0.533. The third-order valence-corrected chi connectivity index (χ3v) is 3.08. The molecule has 0 unspecified atom stereocenters. The van der Waals surface area contributed by atoms with Crippen molar-refractivity contribution < 1.29 is 4.79 Å². The van der Waals surface area contributed by atoms with E-state index in [1.54, 1.807) is 0 Å². The highest BCUT2D eigenvalue weighted by Gasteiger charge is 2.12. The lowest BCUT2D eigenvalue weighted by atomic mass is 9.90. The number of carbonyl (C=O) groups excluding carboxylic acids is 1. The van der Waals surface area contributed by atoms with E-state index in [1.807, 2.05) is 24.3 Å². The van der Waals surface area contributed by atoms with Gasteiger partial charge in [-0.15, -0.1) is 11.6 Å². The average Bonchev–Trinajstić information content (AvgIpc) is 2.33. The summed E-state index contributed by atoms with van der Waals surface area (Å²) in [5.41, 5.74) is 2.41. The molecule has 1 rings (SSSR count). The second-order valence-corrected chi connectivity index (χ2v) is 6.05. The van der Waals surface area contributed by atoms with E-state index in [4.69, 9.17) is 11.6 Å². The Morgan fingerprint density at radius 1 is 1.17 bits per heavy atom. The standard InChI is InChI=1S/C15H22ClNO/c1-15(2,3)9-8-14(18)17-11-13-6-4-12(10-16)5-7-13/h4-7H,8-11H2,1-3H3,(H,17,18). The number of halogens is 1. The summed E-state index contributed by atoms with van der Waals surface area (Å²) in [6.07, 6.45) is 1.49. The van der Waals surface area contributed by atoms with Gasteiger partial charge in [0.25, 0.3) is 0 Å². The number of nitrogens with one attached hydrogen (secondary N) is 1. The second kappa shape index (κ2) is 6.79. The van der Waals surface area contributed by atoms with Crippen LogP contribution in [0.5, 0.6) is 0 Å². The van der Waals surface area contributed by atoms with Gasteiger partial charge in [-0.1, -0.05) is 45.0 Å². The Kier molecular flexibility index (Phi) is 5.67. The third-order valence-electron chi connectivity index (χ3n) is 2.77. The Balaban J connectivity index is 2.33. The predicted octanol–water partition coefficient (Wildman–Crippen LogP) is 3.87. The van der Waals surface area contributed by atoms with Crippen molar-refractivity contribution >= 4 is 17.5 Å². The van der Waals surface area contributed by atoms with Gasteiger partial charge in [0, 0.05) is 18.8 Å². The lowest BCUT2D eigenvalue weighted by Crippen LogP contribution is -2.24. The first-order valence-electron chi connectivity index (χ1n) is 6.31. The Labute approximate surface area is 115 Å². The average molecular weight is 268 g/mol. The predicted molar refractivity (Wildman–Crippen MR) is 76.5 cm³/mol. The number of benzene rings is 1. The summed E-state index contributed by atoms with van der Waals surface area (Å²) in [5.74, 6) is 0.643. The maximum absolute atomic E-state index is 11.7. The molecule has 0 saturated carbocycles. The van der Waals surface area contributed by atoms with Gasteiger partial charge in [0.15, 0.2) is 0 Å². The van der Waals surface area contributed by atoms with E-state index in [9.17, 15) is 4.79 Å². The van der Waals surface area contributed by atoms with E-state index in [2.05, 4.69) is 26.1 Å². The van der Waals surface area contributed by atoms with Gasteiger partial charge in [-0.2, -0.15) is 0 Å². The van der Waals surface area contributed by atoms with Crippen molar-refractivity contribution in [1.29, 1.82) is 0 Å². The van der Waals surface area contributed by atoms with Crippen molar-refractivity contribution in [2.75, 3.05) is 0 Å². The molecule has 1 aromatic rings. The number of alkyl halides is 1. The summed E-state index contributed by atoms with van der Waals surface area (Å²) in [6, 6.07) is 7.98. The maximum Gasteiger partial charge on any atom is 0.220 e. The molecule has 0 saturated heterocycles. The lowest BCUT2D eigenvalue weighted by Gasteiger charge is -2.17. The molecular weight excluding hydrogens is 246 g/mol. The van der Waals surface area contributed by atoms with Crippen LogP contribution in [0.3, 0.4) is 0 Å². The Bertz CT molecular complexity index is 378. The Morgan fingerprint density at radius 3 is 2.22 bits per heavy atom. The zero-order valence-corrected chi connectivity index (χ0v) is 12.2. The van der Waals surface area contributed by atoms with Crippen LogP contribution in [0, 0.1) is 5.41 Å². The van der Waals surface area contributed by atoms with Crippen LogP contribution in [0.1, 0.15) is 44.7 Å². The van der Waals surface area contributed by atoms with Crippen LogP contribution in [0.2, 0.25) is 0 Å². The summed E-state index contributed by atoms with van der Waals surface area (Å²) in [6.45, 7) is 7.02. The van der Waals surface area contributed by atoms with Gasteiger partial charge in [0.05, 0.1) is 0 Å². The first-order chi connectivity index (χ1) is 8.40. The number of amides is 1. The van der Waals surface area contributed by atoms with Crippen LogP contribution in [-0.2, 0) is 17.2 Å². The van der Waals surface area contributed by atoms with Crippen molar-refractivity contribution in [3.63, 3.8) is 0 Å². The summed E-state index contributed by atoms with van der Waals surface area (Å²) in [5, 5.41) is 2.94. The molecule has 0 spiro atoms. The summed E-state index contributed by atoms with van der Waals surface area (Å²) in [4.78, 5) is 11.7. The number of rotatable bonds is 5. The van der Waals surface area contributed by atoms with E-state index in [-0.39, 0.29) is 11.3 Å². The molecule has 1 N–H and O–H groups in total. The highest BCUT2D eigenvalue weighted by Crippen LogP contribution is 2.20. The van der Waals surface area contributed by atoms with Crippen molar-refractivity contribution in [2.45, 2.75) is 46.0 Å². The van der Waals surface area contributed by atoms with E-state index >= 15 is 0 Å². The Hall–Kier alpha value is -1.02. The summed E-state index contributed by atoms with van der Waals surface area (Å²) >= 11 is 5.72. The van der Waals surface area contributed by atoms with E-state index in [0.717, 1.165) is 17.5 Å². The minimum absolute atomic E-state index is 0.117. The lowest BCUT2D eigenvalue weighted by molar-refractivity contribution is -0.121. The molecule has 1 aromatic carbocycles. The molecule has 0 aliphatic carbocycles. The highest BCUT2D eigenvalue weighted by atomic mass is 35.5. The van der Waals surface area contributed by atoms with Crippen LogP contribution in [0.15, 0.2) is 24.3 Å². The van der Waals surface area contributed by atoms with Crippen molar-refractivity contribution in [1.82, 2.24) is 5.32 Å². The molecule has 0 fully saturated rings. The normalized spacial score (nSPS) is 11.3. The zero-order chi connectivity index (χ0) is 13.6. The summed E-state index contributed by atoms with van der Waals surface area (Å²) < 4.78 is 0. The fourth-order valence-electron chi connectivity index (χ4n) is 1.52. The first-order valence-corrected chi connectivity index (χ1v) is 6.85. The molecule has 0 atom stereocenters. The van der Waals surface area contributed by atoms with Crippen LogP contribution in [-0.4, -0.2) is 5.91 Å². The number of carbonyl (C=O) groups is 1. The SMILES string of the molecule is CC(C)(C)CCC(=O)NCc1ccc(CCl)cc1. The van der Waals surface area contributed by atoms with Crippen LogP contribution in [0.4, 0.5) is 0 Å². The van der Waals surface area contributed by atoms with E-state index in [1.165, 1.54) is 0 Å². The van der Waals surface area contributed by atoms with Gasteiger partial charge in [0.1, 0.15) is 0 Å². The van der Waals surface area contributed by atoms with Gasteiger partial charge in [-0.3, -0.25) is 4.79 Å². The molecule has 0 aromatic heterocycles. The first kappa shape index (κ1) is 15.0. The number of hydrogen-bond acceptors (Lipinski definition) is 1. The fourth-order valence-corrected chi connectivity index (χ4v) is 1.70. The number of hydrogen-bond donors (Lipinski definition) is 1. The minimum atomic E-state index is 0.117. The van der Waals surface area contributed by atoms with Crippen molar-refractivity contribution in [3.05, 3.63) is 35.4 Å². The van der Waals surface area contributed by atoms with Crippen LogP contribution in [0.25, 0.3) is 0 Å². The quantitative estimate of drug-likeness (QED) is 0.807. The molecule has 100 valence electrons. The molecule has 3 heteroatoms. The maximum atomic E-state index is 11.7. The minimum Gasteiger partial charge on any atom is -0.352 e. The molecule has 0 radical (unpaired) electrons. The topological polar surface area (TPSA) is 29.1 Å². The van der Waals surface area contributed by atoms with Crippen LogP contribution >= 0.6 is 11.6 Å². The van der Waals surface area contributed by atoms with Crippen LogP contribution < -0.4 is 5.32 Å². The largest absolute Gasteiger partial charge is 0.352 e. The van der Waals surface area contributed by atoms with Gasteiger partial charge in [0.2, 0.25) is 5.91 Å². The van der Waals surface area contributed by atoms with Crippen molar-refractivity contribution in [2.24, 2.45) is 5.41 Å². The molecular formula is C15H22ClNO. The van der Waals surface area contributed by atoms with E-state index in [0.29, 0.717) is 18.8 Å².